The molecule has 0 saturated carbocycles. The van der Waals surface area contributed by atoms with Gasteiger partial charge in [-0.25, -0.2) is 9.97 Å². The lowest BCUT2D eigenvalue weighted by Gasteiger charge is -2.21. The van der Waals surface area contributed by atoms with Crippen molar-refractivity contribution in [3.63, 3.8) is 0 Å². The molecule has 5 heterocycles. The topological polar surface area (TPSA) is 149 Å². The Labute approximate surface area is 266 Å². The number of unbranched alkanes of at least 4 members (excludes halogenated alkanes) is 1. The molecule has 46 heavy (non-hydrogen) atoms. The second kappa shape index (κ2) is 13.7. The van der Waals surface area contributed by atoms with E-state index in [2.05, 4.69) is 60.8 Å². The fourth-order valence-corrected chi connectivity index (χ4v) is 5.84. The van der Waals surface area contributed by atoms with Crippen molar-refractivity contribution in [2.45, 2.75) is 57.0 Å². The second-order valence-electron chi connectivity index (χ2n) is 11.7. The van der Waals surface area contributed by atoms with Gasteiger partial charge in [0.25, 0.3) is 11.8 Å². The predicted molar refractivity (Wildman–Crippen MR) is 173 cm³/mol. The third-order valence-electron chi connectivity index (χ3n) is 8.37. The smallest absolute Gasteiger partial charge is 0.270 e. The molecule has 0 bridgehead atoms. The van der Waals surface area contributed by atoms with Crippen molar-refractivity contribution in [2.75, 3.05) is 18.9 Å². The minimum atomic E-state index is -0.764. The van der Waals surface area contributed by atoms with E-state index in [1.54, 1.807) is 24.4 Å². The monoisotopic (exact) mass is 617 g/mol. The van der Waals surface area contributed by atoms with Crippen LogP contribution in [0.5, 0.6) is 0 Å². The lowest BCUT2D eigenvalue weighted by Crippen LogP contribution is -2.52. The number of hydrogen-bond donors (Lipinski definition) is 4. The highest BCUT2D eigenvalue weighted by atomic mass is 16.2. The Hall–Kier alpha value is -5.34. The number of pyridine rings is 2. The van der Waals surface area contributed by atoms with E-state index in [1.165, 1.54) is 12.1 Å². The molecule has 234 valence electrons. The largest absolute Gasteiger partial charge is 0.357 e. The van der Waals surface area contributed by atoms with Crippen LogP contribution in [0, 0.1) is 11.8 Å². The Morgan fingerprint density at radius 2 is 1.91 bits per heavy atom. The average molecular weight is 618 g/mol. The van der Waals surface area contributed by atoms with E-state index in [0.29, 0.717) is 29.5 Å². The molecular weight excluding hydrogens is 582 g/mol. The van der Waals surface area contributed by atoms with Gasteiger partial charge in [0.05, 0.1) is 5.52 Å². The van der Waals surface area contributed by atoms with E-state index in [-0.39, 0.29) is 30.3 Å². The normalized spacial score (nSPS) is 18.1. The predicted octanol–water partition coefficient (Wildman–Crippen LogP) is 3.89. The second-order valence-corrected chi connectivity index (χ2v) is 11.7. The number of benzene rings is 1. The van der Waals surface area contributed by atoms with Crippen molar-refractivity contribution in [2.24, 2.45) is 0 Å². The van der Waals surface area contributed by atoms with E-state index in [1.807, 2.05) is 30.3 Å². The summed E-state index contributed by atoms with van der Waals surface area (Å²) in [4.78, 5) is 63.3. The van der Waals surface area contributed by atoms with Gasteiger partial charge in [0.1, 0.15) is 23.2 Å². The number of nitrogens with zero attached hydrogens (tertiary/aromatic N) is 3. The van der Waals surface area contributed by atoms with Crippen LogP contribution >= 0.6 is 0 Å². The van der Waals surface area contributed by atoms with Crippen LogP contribution in [-0.4, -0.2) is 63.1 Å². The van der Waals surface area contributed by atoms with Gasteiger partial charge in [-0.1, -0.05) is 24.1 Å². The van der Waals surface area contributed by atoms with Crippen LogP contribution in [0.4, 0.5) is 5.82 Å². The number of nitrogens with one attached hydrogen (secondary N) is 4. The fourth-order valence-electron chi connectivity index (χ4n) is 5.84. The van der Waals surface area contributed by atoms with Crippen molar-refractivity contribution < 1.29 is 19.2 Å². The Kier molecular flexibility index (Phi) is 9.17. The number of aryl methyl sites for hydroxylation is 1. The third-order valence-corrected chi connectivity index (χ3v) is 8.37. The van der Waals surface area contributed by atoms with Gasteiger partial charge in [-0.3, -0.25) is 29.4 Å². The number of rotatable bonds is 8. The SMILES string of the molecule is CN1CCC[C@@H]1c1cc2cnc(NC(=O)c3ccc(CCCC#Cc4cccc(C(=O)N[C@H]5CCC(=O)NC5=O)n4)cc3)cc2[nH]1. The summed E-state index contributed by atoms with van der Waals surface area (Å²) in [5.74, 6) is 5.03. The molecule has 0 aliphatic carbocycles. The van der Waals surface area contributed by atoms with Gasteiger partial charge in [0, 0.05) is 47.8 Å². The molecular formula is C35H35N7O4. The maximum atomic E-state index is 12.9. The lowest BCUT2D eigenvalue weighted by molar-refractivity contribution is -0.134. The van der Waals surface area contributed by atoms with Crippen molar-refractivity contribution in [3.05, 3.63) is 89.0 Å². The first-order valence-electron chi connectivity index (χ1n) is 15.5. The molecule has 4 amide bonds. The molecule has 2 aliphatic rings. The van der Waals surface area contributed by atoms with Crippen LogP contribution in [0.15, 0.2) is 60.8 Å². The van der Waals surface area contributed by atoms with Gasteiger partial charge < -0.3 is 15.6 Å². The Balaban J connectivity index is 0.970. The van der Waals surface area contributed by atoms with Crippen LogP contribution in [0.3, 0.4) is 0 Å². The van der Waals surface area contributed by atoms with Gasteiger partial charge in [0.15, 0.2) is 0 Å². The Morgan fingerprint density at radius 3 is 2.70 bits per heavy atom. The zero-order valence-corrected chi connectivity index (χ0v) is 25.6. The highest BCUT2D eigenvalue weighted by Crippen LogP contribution is 2.32. The molecule has 2 fully saturated rings. The highest BCUT2D eigenvalue weighted by molar-refractivity contribution is 6.04. The first-order valence-corrected chi connectivity index (χ1v) is 15.5. The Morgan fingerprint density at radius 1 is 1.07 bits per heavy atom. The molecule has 4 N–H and O–H groups in total. The minimum absolute atomic E-state index is 0.155. The zero-order valence-electron chi connectivity index (χ0n) is 25.6. The number of aromatic nitrogens is 3. The summed E-state index contributed by atoms with van der Waals surface area (Å²) in [6.45, 7) is 1.10. The number of hydrogen-bond acceptors (Lipinski definition) is 7. The number of aromatic amines is 1. The number of fused-ring (bicyclic) bond motifs is 1. The van der Waals surface area contributed by atoms with Crippen molar-refractivity contribution in [3.8, 4) is 11.8 Å². The molecule has 0 unspecified atom stereocenters. The lowest BCUT2D eigenvalue weighted by atomic mass is 10.1. The number of imide groups is 1. The number of anilines is 1. The minimum Gasteiger partial charge on any atom is -0.357 e. The maximum Gasteiger partial charge on any atom is 0.270 e. The van der Waals surface area contributed by atoms with Crippen LogP contribution < -0.4 is 16.0 Å². The highest BCUT2D eigenvalue weighted by Gasteiger charge is 2.28. The standard InChI is InChI=1S/C35H35N7O4/c1-42-18-6-11-30(42)29-19-24-21-36-31(20-28(24)38-29)40-33(44)23-14-12-22(13-15-23)7-3-2-4-8-25-9-5-10-26(37-25)34(45)39-27-16-17-32(43)41-35(27)46/h5,9-10,12-15,19-21,27,30,38H,2-3,6-7,11,16-18H2,1H3,(H,39,45)(H,36,40,44)(H,41,43,46)/t27-,30+/m0/s1. The number of H-pyrrole nitrogens is 1. The van der Waals surface area contributed by atoms with Crippen LogP contribution in [-0.2, 0) is 16.0 Å². The molecule has 4 aromatic rings. The number of carbonyl (C=O) groups excluding carboxylic acids is 4. The first kappa shape index (κ1) is 30.7. The molecule has 11 heteroatoms. The van der Waals surface area contributed by atoms with Gasteiger partial charge >= 0.3 is 0 Å². The zero-order chi connectivity index (χ0) is 32.0. The number of amides is 4. The summed E-state index contributed by atoms with van der Waals surface area (Å²) >= 11 is 0. The first-order chi connectivity index (χ1) is 22.3. The summed E-state index contributed by atoms with van der Waals surface area (Å²) in [7, 11) is 2.14. The van der Waals surface area contributed by atoms with Crippen molar-refractivity contribution >= 4 is 40.3 Å². The fraction of sp³-hybridized carbons (Fsp3) is 0.314. The molecule has 0 radical (unpaired) electrons. The molecule has 3 aromatic heterocycles. The number of piperidine rings is 1. The molecule has 11 nitrogen and oxygen atoms in total. The summed E-state index contributed by atoms with van der Waals surface area (Å²) < 4.78 is 0. The van der Waals surface area contributed by atoms with Gasteiger partial charge in [-0.05, 0) is 87.5 Å². The van der Waals surface area contributed by atoms with Crippen molar-refractivity contribution in [1.82, 2.24) is 30.5 Å². The summed E-state index contributed by atoms with van der Waals surface area (Å²) in [6.07, 6.45) is 6.78. The van der Waals surface area contributed by atoms with Gasteiger partial charge in [0.2, 0.25) is 11.8 Å². The van der Waals surface area contributed by atoms with Crippen LogP contribution in [0.1, 0.15) is 82.4 Å². The maximum absolute atomic E-state index is 12.9. The molecule has 0 spiro atoms. The Bertz CT molecular complexity index is 1850. The van der Waals surface area contributed by atoms with E-state index < -0.39 is 17.9 Å². The summed E-state index contributed by atoms with van der Waals surface area (Å²) in [5, 5.41) is 8.78. The average Bonchev–Trinajstić information content (AvgIpc) is 3.68. The summed E-state index contributed by atoms with van der Waals surface area (Å²) in [6, 6.07) is 16.1. The van der Waals surface area contributed by atoms with Crippen LogP contribution in [0.25, 0.3) is 10.9 Å². The van der Waals surface area contributed by atoms with E-state index in [9.17, 15) is 19.2 Å². The number of likely N-dealkylation sites (tertiary alicyclic amines) is 1. The van der Waals surface area contributed by atoms with Crippen molar-refractivity contribution in [1.29, 1.82) is 0 Å². The van der Waals surface area contributed by atoms with Gasteiger partial charge in [-0.2, -0.15) is 0 Å². The third kappa shape index (κ3) is 7.30. The van der Waals surface area contributed by atoms with E-state index in [0.717, 1.165) is 42.3 Å². The van der Waals surface area contributed by atoms with Crippen LogP contribution in [0.2, 0.25) is 0 Å². The quantitative estimate of drug-likeness (QED) is 0.133. The van der Waals surface area contributed by atoms with E-state index >= 15 is 0 Å². The molecule has 2 aliphatic heterocycles. The molecule has 6 rings (SSSR count). The molecule has 1 aromatic carbocycles. The van der Waals surface area contributed by atoms with Gasteiger partial charge in [-0.15, -0.1) is 0 Å². The summed E-state index contributed by atoms with van der Waals surface area (Å²) in [5.41, 5.74) is 4.40. The van der Waals surface area contributed by atoms with E-state index in [4.69, 9.17) is 0 Å². The molecule has 2 atom stereocenters. The molecule has 2 saturated heterocycles. The number of carbonyl (C=O) groups is 4.